The van der Waals surface area contributed by atoms with Crippen molar-refractivity contribution < 1.29 is 19.1 Å². The van der Waals surface area contributed by atoms with E-state index in [1.807, 2.05) is 12.1 Å². The molecule has 2 fully saturated rings. The summed E-state index contributed by atoms with van der Waals surface area (Å²) in [5, 5.41) is 0. The molecule has 5 rings (SSSR count). The summed E-state index contributed by atoms with van der Waals surface area (Å²) in [6.45, 7) is 2.06. The van der Waals surface area contributed by atoms with Crippen molar-refractivity contribution in [3.8, 4) is 5.75 Å². The fourth-order valence-corrected chi connectivity index (χ4v) is 4.89. The highest BCUT2D eigenvalue weighted by atomic mass is 16.5. The highest BCUT2D eigenvalue weighted by Gasteiger charge is 2.59. The number of carbonyl (C=O) groups is 3. The van der Waals surface area contributed by atoms with E-state index in [2.05, 4.69) is 19.1 Å². The van der Waals surface area contributed by atoms with E-state index < -0.39 is 5.97 Å². The number of carbonyl (C=O) groups excluding carboxylic acids is 3. The minimum absolute atomic E-state index is 0.155. The van der Waals surface area contributed by atoms with Gasteiger partial charge >= 0.3 is 5.97 Å². The van der Waals surface area contributed by atoms with Crippen LogP contribution in [0.25, 0.3) is 0 Å². The van der Waals surface area contributed by atoms with Crippen LogP contribution in [0.1, 0.15) is 29.3 Å². The van der Waals surface area contributed by atoms with Crippen LogP contribution in [-0.2, 0) is 16.0 Å². The second-order valence-electron chi connectivity index (χ2n) is 7.95. The van der Waals surface area contributed by atoms with Gasteiger partial charge in [-0.2, -0.15) is 0 Å². The van der Waals surface area contributed by atoms with Crippen molar-refractivity contribution in [1.82, 2.24) is 0 Å². The molecule has 4 atom stereocenters. The van der Waals surface area contributed by atoms with Crippen molar-refractivity contribution in [3.63, 3.8) is 0 Å². The van der Waals surface area contributed by atoms with Gasteiger partial charge in [0, 0.05) is 0 Å². The van der Waals surface area contributed by atoms with Gasteiger partial charge in [-0.25, -0.2) is 9.69 Å². The summed E-state index contributed by atoms with van der Waals surface area (Å²) < 4.78 is 5.45. The summed E-state index contributed by atoms with van der Waals surface area (Å²) in [5.74, 6) is -0.568. The van der Waals surface area contributed by atoms with Crippen molar-refractivity contribution in [2.45, 2.75) is 19.8 Å². The minimum atomic E-state index is -0.517. The molecule has 0 radical (unpaired) electrons. The van der Waals surface area contributed by atoms with Crippen LogP contribution in [-0.4, -0.2) is 17.8 Å². The number of fused-ring (bicyclic) bond motifs is 5. The number of aryl methyl sites for hydroxylation is 1. The molecule has 146 valence electrons. The molecule has 2 aromatic rings. The zero-order valence-electron chi connectivity index (χ0n) is 16.1. The van der Waals surface area contributed by atoms with Gasteiger partial charge in [-0.3, -0.25) is 9.59 Å². The van der Waals surface area contributed by atoms with E-state index in [-0.39, 0.29) is 35.5 Å². The number of esters is 1. The molecule has 2 aliphatic carbocycles. The topological polar surface area (TPSA) is 63.7 Å². The molecular formula is C24H21NO4. The summed E-state index contributed by atoms with van der Waals surface area (Å²) in [7, 11) is 0. The van der Waals surface area contributed by atoms with Gasteiger partial charge < -0.3 is 4.74 Å². The highest BCUT2D eigenvalue weighted by molar-refractivity contribution is 6.23. The number of amides is 2. The SMILES string of the molecule is CCc1ccc(OC(=O)c2cccc(N3C(=O)[C@@H]4[C@H](C3=O)[C@H]3C=C[C@H]4C3)c2)cc1. The van der Waals surface area contributed by atoms with Gasteiger partial charge in [0.1, 0.15) is 5.75 Å². The predicted octanol–water partition coefficient (Wildman–Crippen LogP) is 3.78. The zero-order chi connectivity index (χ0) is 20.1. The smallest absolute Gasteiger partial charge is 0.343 e. The molecule has 1 aliphatic heterocycles. The van der Waals surface area contributed by atoms with Crippen LogP contribution in [0.4, 0.5) is 5.69 Å². The van der Waals surface area contributed by atoms with Crippen LogP contribution in [0.15, 0.2) is 60.7 Å². The molecule has 29 heavy (non-hydrogen) atoms. The third-order valence-electron chi connectivity index (χ3n) is 6.35. The molecule has 0 spiro atoms. The molecule has 1 saturated carbocycles. The Morgan fingerprint density at radius 2 is 1.66 bits per heavy atom. The number of allylic oxidation sites excluding steroid dienone is 2. The monoisotopic (exact) mass is 387 g/mol. The van der Waals surface area contributed by atoms with Crippen molar-refractivity contribution in [2.24, 2.45) is 23.7 Å². The molecule has 3 aliphatic rings. The van der Waals surface area contributed by atoms with Crippen molar-refractivity contribution >= 4 is 23.5 Å². The average Bonchev–Trinajstić information content (AvgIpc) is 3.42. The van der Waals surface area contributed by atoms with Crippen LogP contribution < -0.4 is 9.64 Å². The molecule has 0 unspecified atom stereocenters. The highest BCUT2D eigenvalue weighted by Crippen LogP contribution is 2.53. The molecule has 5 heteroatoms. The van der Waals surface area contributed by atoms with Crippen LogP contribution in [0.2, 0.25) is 0 Å². The first-order valence-corrected chi connectivity index (χ1v) is 10.0. The Morgan fingerprint density at radius 3 is 2.28 bits per heavy atom. The maximum Gasteiger partial charge on any atom is 0.343 e. The van der Waals surface area contributed by atoms with Gasteiger partial charge in [0.05, 0.1) is 23.1 Å². The van der Waals surface area contributed by atoms with E-state index in [0.29, 0.717) is 17.0 Å². The number of nitrogens with zero attached hydrogens (tertiary/aromatic N) is 1. The molecular weight excluding hydrogens is 366 g/mol. The lowest BCUT2D eigenvalue weighted by molar-refractivity contribution is -0.123. The minimum Gasteiger partial charge on any atom is -0.423 e. The fraction of sp³-hybridized carbons (Fsp3) is 0.292. The lowest BCUT2D eigenvalue weighted by Crippen LogP contribution is -2.33. The Morgan fingerprint density at radius 1 is 1.00 bits per heavy atom. The van der Waals surface area contributed by atoms with Crippen LogP contribution in [0.5, 0.6) is 5.75 Å². The summed E-state index contributed by atoms with van der Waals surface area (Å²) in [4.78, 5) is 39.8. The second kappa shape index (κ2) is 6.69. The molecule has 1 heterocycles. The molecule has 1 saturated heterocycles. The third-order valence-corrected chi connectivity index (χ3v) is 6.35. The van der Waals surface area contributed by atoms with Gasteiger partial charge in [-0.05, 0) is 60.6 Å². The Bertz CT molecular complexity index is 1010. The number of rotatable bonds is 4. The van der Waals surface area contributed by atoms with E-state index in [9.17, 15) is 14.4 Å². The maximum atomic E-state index is 13.0. The Hall–Kier alpha value is -3.21. The number of hydrogen-bond donors (Lipinski definition) is 0. The summed E-state index contributed by atoms with van der Waals surface area (Å²) in [5.41, 5.74) is 1.90. The van der Waals surface area contributed by atoms with E-state index in [0.717, 1.165) is 18.4 Å². The summed E-state index contributed by atoms with van der Waals surface area (Å²) >= 11 is 0. The van der Waals surface area contributed by atoms with Crippen molar-refractivity contribution in [1.29, 1.82) is 0 Å². The summed E-state index contributed by atoms with van der Waals surface area (Å²) in [6.07, 6.45) is 5.94. The standard InChI is InChI=1S/C24H21NO4/c1-2-14-6-10-19(11-7-14)29-24(28)17-4-3-5-18(13-17)25-22(26)20-15-8-9-16(12-15)21(20)23(25)27/h3-11,13,15-16,20-21H,2,12H2,1H3/t15-,16-,20-,21+/m0/s1. The Kier molecular flexibility index (Phi) is 4.12. The Labute approximate surface area is 169 Å². The van der Waals surface area contributed by atoms with Crippen LogP contribution in [0.3, 0.4) is 0 Å². The molecule has 0 aromatic heterocycles. The summed E-state index contributed by atoms with van der Waals surface area (Å²) in [6, 6.07) is 13.9. The van der Waals surface area contributed by atoms with Crippen LogP contribution >= 0.6 is 0 Å². The second-order valence-corrected chi connectivity index (χ2v) is 7.95. The van der Waals surface area contributed by atoms with Crippen molar-refractivity contribution in [2.75, 3.05) is 4.90 Å². The molecule has 2 aromatic carbocycles. The van der Waals surface area contributed by atoms with Gasteiger partial charge in [-0.1, -0.05) is 37.3 Å². The maximum absolute atomic E-state index is 13.0. The number of ether oxygens (including phenoxy) is 1. The van der Waals surface area contributed by atoms with Crippen molar-refractivity contribution in [3.05, 3.63) is 71.8 Å². The number of imide groups is 1. The van der Waals surface area contributed by atoms with Crippen LogP contribution in [0, 0.1) is 23.7 Å². The normalized spacial score (nSPS) is 26.9. The molecule has 5 nitrogen and oxygen atoms in total. The van der Waals surface area contributed by atoms with Gasteiger partial charge in [0.2, 0.25) is 11.8 Å². The first kappa shape index (κ1) is 17.9. The molecule has 2 bridgehead atoms. The quantitative estimate of drug-likeness (QED) is 0.347. The first-order chi connectivity index (χ1) is 14.1. The Balaban J connectivity index is 1.38. The van der Waals surface area contributed by atoms with E-state index in [4.69, 9.17) is 4.74 Å². The van der Waals surface area contributed by atoms with Gasteiger partial charge in [0.25, 0.3) is 0 Å². The van der Waals surface area contributed by atoms with Gasteiger partial charge in [0.15, 0.2) is 0 Å². The largest absolute Gasteiger partial charge is 0.423 e. The lowest BCUT2D eigenvalue weighted by Gasteiger charge is -2.18. The van der Waals surface area contributed by atoms with Gasteiger partial charge in [-0.15, -0.1) is 0 Å². The molecule has 0 N–H and O–H groups in total. The predicted molar refractivity (Wildman–Crippen MR) is 107 cm³/mol. The zero-order valence-corrected chi connectivity index (χ0v) is 16.1. The first-order valence-electron chi connectivity index (χ1n) is 10.0. The van der Waals surface area contributed by atoms with E-state index >= 15 is 0 Å². The lowest BCUT2D eigenvalue weighted by atomic mass is 9.85. The number of hydrogen-bond acceptors (Lipinski definition) is 4. The third kappa shape index (κ3) is 2.80. The number of anilines is 1. The number of benzene rings is 2. The fourth-order valence-electron chi connectivity index (χ4n) is 4.89. The molecule has 2 amide bonds. The average molecular weight is 387 g/mol. The van der Waals surface area contributed by atoms with E-state index in [1.54, 1.807) is 36.4 Å². The van der Waals surface area contributed by atoms with E-state index in [1.165, 1.54) is 4.90 Å².